The zero-order chi connectivity index (χ0) is 22.9. The van der Waals surface area contributed by atoms with E-state index in [4.69, 9.17) is 11.6 Å². The van der Waals surface area contributed by atoms with Gasteiger partial charge in [0.2, 0.25) is 0 Å². The molecule has 3 aromatic heterocycles. The van der Waals surface area contributed by atoms with Crippen LogP contribution in [0.3, 0.4) is 0 Å². The number of pyridine rings is 1. The number of aryl methyl sites for hydroxylation is 1. The van der Waals surface area contributed by atoms with E-state index in [1.165, 1.54) is 0 Å². The Morgan fingerprint density at radius 2 is 1.78 bits per heavy atom. The quantitative estimate of drug-likeness (QED) is 0.464. The maximum Gasteiger partial charge on any atom is 0.261 e. The number of carbonyl (C=O) groups excluding carboxylic acids is 1. The highest BCUT2D eigenvalue weighted by Crippen LogP contribution is 2.27. The normalized spacial score (nSPS) is 11.5. The van der Waals surface area contributed by atoms with Gasteiger partial charge < -0.3 is 5.32 Å². The van der Waals surface area contributed by atoms with Gasteiger partial charge in [0.15, 0.2) is 5.82 Å². The first-order valence-electron chi connectivity index (χ1n) is 10.3. The number of hydrogen-bond donors (Lipinski definition) is 1. The number of hydrogen-bond acceptors (Lipinski definition) is 4. The molecule has 4 aromatic rings. The van der Waals surface area contributed by atoms with Crippen molar-refractivity contribution in [1.82, 2.24) is 24.5 Å². The third kappa shape index (κ3) is 4.43. The lowest BCUT2D eigenvalue weighted by Gasteiger charge is -2.13. The summed E-state index contributed by atoms with van der Waals surface area (Å²) in [6.45, 7) is 8.46. The first-order valence-corrected chi connectivity index (χ1v) is 10.7. The summed E-state index contributed by atoms with van der Waals surface area (Å²) < 4.78 is 3.27. The van der Waals surface area contributed by atoms with Gasteiger partial charge in [-0.1, -0.05) is 68.8 Å². The summed E-state index contributed by atoms with van der Waals surface area (Å²) in [6, 6.07) is 17.3. The Morgan fingerprint density at radius 1 is 1.06 bits per heavy atom. The van der Waals surface area contributed by atoms with Crippen LogP contribution in [0.15, 0.2) is 60.8 Å². The van der Waals surface area contributed by atoms with Crippen LogP contribution in [-0.4, -0.2) is 30.5 Å². The van der Waals surface area contributed by atoms with Gasteiger partial charge in [-0.3, -0.25) is 4.79 Å². The fourth-order valence-corrected chi connectivity index (χ4v) is 3.66. The Morgan fingerprint density at radius 3 is 2.44 bits per heavy atom. The molecule has 164 valence electrons. The lowest BCUT2D eigenvalue weighted by atomic mass is 9.92. The molecule has 0 spiro atoms. The van der Waals surface area contributed by atoms with Crippen LogP contribution in [0.1, 0.15) is 48.1 Å². The monoisotopic (exact) mass is 448 g/mol. The van der Waals surface area contributed by atoms with Crippen LogP contribution in [0.4, 0.5) is 5.82 Å². The average molecular weight is 449 g/mol. The van der Waals surface area contributed by atoms with E-state index in [-0.39, 0.29) is 11.3 Å². The Hall–Kier alpha value is -3.45. The third-order valence-corrected chi connectivity index (χ3v) is 5.44. The maximum absolute atomic E-state index is 13.3. The number of nitrogens with zero attached hydrogens (tertiary/aromatic N) is 5. The fraction of sp³-hybridized carbons (Fsp3) is 0.250. The van der Waals surface area contributed by atoms with Crippen molar-refractivity contribution in [3.05, 3.63) is 88.5 Å². The van der Waals surface area contributed by atoms with Gasteiger partial charge in [0, 0.05) is 17.7 Å². The first kappa shape index (κ1) is 21.8. The molecule has 0 aliphatic rings. The average Bonchev–Trinajstić information content (AvgIpc) is 3.30. The molecule has 0 saturated carbocycles. The lowest BCUT2D eigenvalue weighted by molar-refractivity contribution is 0.102. The summed E-state index contributed by atoms with van der Waals surface area (Å²) in [5.41, 5.74) is 2.58. The molecule has 0 aliphatic carbocycles. The van der Waals surface area contributed by atoms with Crippen molar-refractivity contribution in [2.24, 2.45) is 0 Å². The molecule has 0 bridgehead atoms. The molecule has 0 aliphatic heterocycles. The van der Waals surface area contributed by atoms with Gasteiger partial charge in [-0.2, -0.15) is 14.9 Å². The number of aromatic nitrogens is 5. The molecule has 8 heteroatoms. The topological polar surface area (TPSA) is 77.6 Å². The molecule has 0 radical (unpaired) electrons. The summed E-state index contributed by atoms with van der Waals surface area (Å²) in [6.07, 6.45) is 1.69. The van der Waals surface area contributed by atoms with E-state index < -0.39 is 0 Å². The minimum atomic E-state index is -0.343. The molecular formula is C24H25ClN6O. The van der Waals surface area contributed by atoms with Gasteiger partial charge in [-0.05, 0) is 24.6 Å². The Labute approximate surface area is 192 Å². The minimum absolute atomic E-state index is 0.201. The van der Waals surface area contributed by atoms with Crippen LogP contribution >= 0.6 is 11.6 Å². The standard InChI is InChI=1S/C24H25ClN6O/c1-16-21(22(25)30(28-16)15-17-10-6-5-7-11-17)23(32)27-20-14-18(24(2,3)4)29-31(20)19-12-8-9-13-26-19/h5-14H,15H2,1-4H3,(H,27,32). The van der Waals surface area contributed by atoms with E-state index in [0.29, 0.717) is 34.6 Å². The Kier molecular flexibility index (Phi) is 5.84. The summed E-state index contributed by atoms with van der Waals surface area (Å²) in [7, 11) is 0. The number of carbonyl (C=O) groups is 1. The number of halogens is 1. The summed E-state index contributed by atoms with van der Waals surface area (Å²) in [5, 5.41) is 12.4. The number of nitrogens with one attached hydrogen (secondary N) is 1. The second kappa shape index (κ2) is 8.59. The highest BCUT2D eigenvalue weighted by Gasteiger charge is 2.25. The molecule has 0 unspecified atom stereocenters. The van der Waals surface area contributed by atoms with Crippen molar-refractivity contribution in [2.75, 3.05) is 5.32 Å². The molecule has 1 aromatic carbocycles. The highest BCUT2D eigenvalue weighted by atomic mass is 35.5. The zero-order valence-electron chi connectivity index (χ0n) is 18.5. The molecule has 0 fully saturated rings. The van der Waals surface area contributed by atoms with Crippen LogP contribution in [0, 0.1) is 6.92 Å². The van der Waals surface area contributed by atoms with Gasteiger partial charge in [-0.25, -0.2) is 9.67 Å². The molecule has 3 heterocycles. The van der Waals surface area contributed by atoms with Gasteiger partial charge in [0.25, 0.3) is 5.91 Å². The van der Waals surface area contributed by atoms with Crippen LogP contribution in [0.25, 0.3) is 5.82 Å². The van der Waals surface area contributed by atoms with Gasteiger partial charge in [0.1, 0.15) is 11.0 Å². The highest BCUT2D eigenvalue weighted by molar-refractivity contribution is 6.33. The van der Waals surface area contributed by atoms with E-state index in [1.807, 2.05) is 54.6 Å². The Balaban J connectivity index is 1.67. The molecular weight excluding hydrogens is 424 g/mol. The largest absolute Gasteiger partial charge is 0.306 e. The van der Waals surface area contributed by atoms with Gasteiger partial charge >= 0.3 is 0 Å². The predicted molar refractivity (Wildman–Crippen MR) is 126 cm³/mol. The number of anilines is 1. The van der Waals surface area contributed by atoms with Crippen molar-refractivity contribution in [3.8, 4) is 5.82 Å². The smallest absolute Gasteiger partial charge is 0.261 e. The van der Waals surface area contributed by atoms with Crippen LogP contribution in [0.5, 0.6) is 0 Å². The summed E-state index contributed by atoms with van der Waals surface area (Å²) in [4.78, 5) is 17.6. The van der Waals surface area contributed by atoms with E-state index >= 15 is 0 Å². The SMILES string of the molecule is Cc1nn(Cc2ccccc2)c(Cl)c1C(=O)Nc1cc(C(C)(C)C)nn1-c1ccccn1. The van der Waals surface area contributed by atoms with Crippen molar-refractivity contribution >= 4 is 23.3 Å². The van der Waals surface area contributed by atoms with Gasteiger partial charge in [0.05, 0.1) is 23.5 Å². The van der Waals surface area contributed by atoms with Crippen molar-refractivity contribution in [3.63, 3.8) is 0 Å². The van der Waals surface area contributed by atoms with Crippen LogP contribution in [-0.2, 0) is 12.0 Å². The van der Waals surface area contributed by atoms with Crippen LogP contribution < -0.4 is 5.32 Å². The third-order valence-electron chi connectivity index (χ3n) is 5.05. The summed E-state index contributed by atoms with van der Waals surface area (Å²) in [5.74, 6) is 0.787. The molecule has 0 atom stereocenters. The van der Waals surface area contributed by atoms with E-state index in [1.54, 1.807) is 22.5 Å². The van der Waals surface area contributed by atoms with Gasteiger partial charge in [-0.15, -0.1) is 0 Å². The van der Waals surface area contributed by atoms with E-state index in [2.05, 4.69) is 41.3 Å². The molecule has 1 N–H and O–H groups in total. The predicted octanol–water partition coefficient (Wildman–Crippen LogP) is 5.02. The minimum Gasteiger partial charge on any atom is -0.306 e. The van der Waals surface area contributed by atoms with Crippen molar-refractivity contribution in [2.45, 2.75) is 39.7 Å². The Bertz CT molecular complexity index is 1240. The van der Waals surface area contributed by atoms with Crippen molar-refractivity contribution < 1.29 is 4.79 Å². The van der Waals surface area contributed by atoms with Crippen molar-refractivity contribution in [1.29, 1.82) is 0 Å². The van der Waals surface area contributed by atoms with E-state index in [9.17, 15) is 4.79 Å². The second-order valence-electron chi connectivity index (χ2n) is 8.61. The first-order chi connectivity index (χ1) is 15.2. The molecule has 7 nitrogen and oxygen atoms in total. The number of amides is 1. The van der Waals surface area contributed by atoms with Crippen LogP contribution in [0.2, 0.25) is 5.15 Å². The molecule has 32 heavy (non-hydrogen) atoms. The molecule has 0 saturated heterocycles. The number of rotatable bonds is 5. The zero-order valence-corrected chi connectivity index (χ0v) is 19.3. The molecule has 4 rings (SSSR count). The lowest BCUT2D eigenvalue weighted by Crippen LogP contribution is -2.16. The fourth-order valence-electron chi connectivity index (χ4n) is 3.34. The number of benzene rings is 1. The maximum atomic E-state index is 13.3. The summed E-state index contributed by atoms with van der Waals surface area (Å²) >= 11 is 6.58. The second-order valence-corrected chi connectivity index (χ2v) is 8.97. The van der Waals surface area contributed by atoms with E-state index in [0.717, 1.165) is 11.3 Å². The molecule has 1 amide bonds.